The van der Waals surface area contributed by atoms with Gasteiger partial charge in [0.15, 0.2) is 0 Å². The van der Waals surface area contributed by atoms with Gasteiger partial charge < -0.3 is 1.43 Å². The number of hydrogen-bond donors (Lipinski definition) is 1. The Kier molecular flexibility index (Phi) is 3.60. The van der Waals surface area contributed by atoms with Crippen LogP contribution in [0.25, 0.3) is 0 Å². The van der Waals surface area contributed by atoms with E-state index in [2.05, 4.69) is 0 Å². The van der Waals surface area contributed by atoms with E-state index < -0.39 is 10.3 Å². The molecule has 0 aromatic heterocycles. The number of rotatable bonds is 1. The van der Waals surface area contributed by atoms with Crippen molar-refractivity contribution >= 4 is 16.0 Å². The molecule has 14 heavy (non-hydrogen) atoms. The van der Waals surface area contributed by atoms with Crippen molar-refractivity contribution in [1.29, 1.82) is 0 Å². The summed E-state index contributed by atoms with van der Waals surface area (Å²) >= 11 is 0. The van der Waals surface area contributed by atoms with Crippen molar-refractivity contribution in [3.8, 4) is 0 Å². The van der Waals surface area contributed by atoms with Crippen LogP contribution in [0, 0.1) is 0 Å². The smallest absolute Gasteiger partial charge is 1.00 e. The van der Waals surface area contributed by atoms with Gasteiger partial charge in [-0.3, -0.25) is 4.55 Å². The maximum absolute atomic E-state index is 10.9. The molecule has 0 saturated carbocycles. The van der Waals surface area contributed by atoms with E-state index in [0.29, 0.717) is 18.7 Å². The Hall–Kier alpha value is -0.0700. The Morgan fingerprint density at radius 1 is 1.36 bits per heavy atom. The average Bonchev–Trinajstić information content (AvgIpc) is 2.45. The van der Waals surface area contributed by atoms with Crippen LogP contribution in [0.1, 0.15) is 6.99 Å². The number of fused-ring (bicyclic) bond motifs is 1. The first kappa shape index (κ1) is 12.0. The van der Waals surface area contributed by atoms with Crippen LogP contribution in [0.3, 0.4) is 0 Å². The fourth-order valence-corrected chi connectivity index (χ4v) is 2.30. The Morgan fingerprint density at radius 2 is 2.00 bits per heavy atom. The van der Waals surface area contributed by atoms with E-state index in [1.54, 1.807) is 12.1 Å². The maximum atomic E-state index is 10.9. The number of hydrogen-bond acceptors (Lipinski definition) is 2. The normalized spacial score (nSPS) is 14.8. The van der Waals surface area contributed by atoms with E-state index >= 15 is 0 Å². The van der Waals surface area contributed by atoms with Gasteiger partial charge in [0.2, 0.25) is 0 Å². The third-order valence-corrected chi connectivity index (χ3v) is 3.06. The van der Waals surface area contributed by atoms with E-state index in [9.17, 15) is 8.42 Å². The molecule has 0 saturated heterocycles. The fraction of sp³-hybridized carbons (Fsp3) is 0.250. The molecule has 4 nitrogen and oxygen atoms in total. The summed E-state index contributed by atoms with van der Waals surface area (Å²) in [6.07, 6.45) is 0.663. The van der Waals surface area contributed by atoms with E-state index in [4.69, 9.17) is 4.55 Å². The van der Waals surface area contributed by atoms with Crippen molar-refractivity contribution < 1.29 is 44.0 Å². The second-order valence-corrected chi connectivity index (χ2v) is 4.27. The van der Waals surface area contributed by atoms with Crippen LogP contribution in [0.15, 0.2) is 24.3 Å². The molecule has 1 aromatic carbocycles. The summed E-state index contributed by atoms with van der Waals surface area (Å²) in [6, 6.07) is 7.16. The Bertz CT molecular complexity index is 437. The number of para-hydroxylation sites is 1. The molecular formula is C8H10NNaO3S. The first-order valence-electron chi connectivity index (χ1n) is 3.92. The largest absolute Gasteiger partial charge is 1.00 e. The molecule has 72 valence electrons. The zero-order valence-electron chi connectivity index (χ0n) is 8.84. The first-order chi connectivity index (χ1) is 6.09. The predicted molar refractivity (Wildman–Crippen MR) is 50.2 cm³/mol. The average molecular weight is 223 g/mol. The molecule has 0 amide bonds. The van der Waals surface area contributed by atoms with E-state index in [1.165, 1.54) is 0 Å². The minimum absolute atomic E-state index is 0. The molecule has 1 heterocycles. The summed E-state index contributed by atoms with van der Waals surface area (Å²) in [5.41, 5.74) is 1.55. The molecule has 1 aliphatic heterocycles. The van der Waals surface area contributed by atoms with E-state index in [-0.39, 0.29) is 31.0 Å². The summed E-state index contributed by atoms with van der Waals surface area (Å²) in [5.74, 6) is 0. The number of benzene rings is 1. The standard InChI is InChI=1S/C8H9NO3S.Na.H/c10-13(11,12)9-6-5-7-3-1-2-4-8(7)9;;/h1-4H,5-6H2,(H,10,11,12);;/q;+1;-1. The van der Waals surface area contributed by atoms with Crippen LogP contribution in [0.2, 0.25) is 0 Å². The molecule has 0 atom stereocenters. The Labute approximate surface area is 107 Å². The summed E-state index contributed by atoms with van der Waals surface area (Å²) in [5, 5.41) is 0. The molecular weight excluding hydrogens is 213 g/mol. The molecule has 0 bridgehead atoms. The molecule has 2 rings (SSSR count). The fourth-order valence-electron chi connectivity index (χ4n) is 1.55. The minimum atomic E-state index is -4.08. The van der Waals surface area contributed by atoms with Gasteiger partial charge in [0.05, 0.1) is 5.69 Å². The van der Waals surface area contributed by atoms with Gasteiger partial charge in [-0.25, -0.2) is 4.31 Å². The minimum Gasteiger partial charge on any atom is -1.00 e. The predicted octanol–water partition coefficient (Wildman–Crippen LogP) is -2.03. The van der Waals surface area contributed by atoms with Crippen LogP contribution in [0.5, 0.6) is 0 Å². The molecule has 1 aliphatic rings. The van der Waals surface area contributed by atoms with Crippen molar-refractivity contribution in [3.63, 3.8) is 0 Å². The molecule has 0 fully saturated rings. The van der Waals surface area contributed by atoms with Gasteiger partial charge in [-0.15, -0.1) is 0 Å². The van der Waals surface area contributed by atoms with Crippen molar-refractivity contribution in [3.05, 3.63) is 29.8 Å². The van der Waals surface area contributed by atoms with Crippen LogP contribution in [-0.2, 0) is 16.7 Å². The van der Waals surface area contributed by atoms with Crippen molar-refractivity contribution in [1.82, 2.24) is 0 Å². The van der Waals surface area contributed by atoms with Gasteiger partial charge in [0.1, 0.15) is 0 Å². The Morgan fingerprint density at radius 3 is 2.64 bits per heavy atom. The molecule has 1 N–H and O–H groups in total. The maximum Gasteiger partial charge on any atom is 1.00 e. The topological polar surface area (TPSA) is 57.6 Å². The molecule has 6 heteroatoms. The van der Waals surface area contributed by atoms with Crippen molar-refractivity contribution in [2.45, 2.75) is 6.42 Å². The monoisotopic (exact) mass is 223 g/mol. The SMILES string of the molecule is O=S(=O)(O)N1CCc2ccccc21.[H-].[Na+]. The van der Waals surface area contributed by atoms with Crippen LogP contribution in [-0.4, -0.2) is 19.5 Å². The van der Waals surface area contributed by atoms with Gasteiger partial charge in [-0.05, 0) is 18.1 Å². The molecule has 0 aliphatic carbocycles. The van der Waals surface area contributed by atoms with Gasteiger partial charge in [-0.2, -0.15) is 8.42 Å². The quantitative estimate of drug-likeness (QED) is 0.441. The van der Waals surface area contributed by atoms with Crippen molar-refractivity contribution in [2.75, 3.05) is 10.8 Å². The second kappa shape index (κ2) is 4.20. The Balaban J connectivity index is 0.000000980. The third kappa shape index (κ3) is 2.12. The van der Waals surface area contributed by atoms with E-state index in [1.807, 2.05) is 12.1 Å². The first-order valence-corrected chi connectivity index (χ1v) is 5.32. The van der Waals surface area contributed by atoms with Gasteiger partial charge in [0, 0.05) is 6.54 Å². The third-order valence-electron chi connectivity index (χ3n) is 2.12. The summed E-state index contributed by atoms with van der Waals surface area (Å²) in [4.78, 5) is 0. The summed E-state index contributed by atoms with van der Waals surface area (Å²) in [7, 11) is -4.08. The molecule has 0 unspecified atom stereocenters. The van der Waals surface area contributed by atoms with Gasteiger partial charge in [0.25, 0.3) is 0 Å². The molecule has 0 spiro atoms. The van der Waals surface area contributed by atoms with Crippen LogP contribution < -0.4 is 33.9 Å². The zero-order valence-corrected chi connectivity index (χ0v) is 10.7. The zero-order chi connectivity index (χ0) is 9.47. The molecule has 1 aromatic rings. The van der Waals surface area contributed by atoms with Crippen molar-refractivity contribution in [2.24, 2.45) is 0 Å². The molecule has 0 radical (unpaired) electrons. The second-order valence-electron chi connectivity index (χ2n) is 2.93. The van der Waals surface area contributed by atoms with Gasteiger partial charge >= 0.3 is 39.9 Å². The van der Waals surface area contributed by atoms with E-state index in [0.717, 1.165) is 9.87 Å². The van der Waals surface area contributed by atoms with Crippen LogP contribution in [0.4, 0.5) is 5.69 Å². The summed E-state index contributed by atoms with van der Waals surface area (Å²) in [6.45, 7) is 0.332. The summed E-state index contributed by atoms with van der Waals surface area (Å²) < 4.78 is 31.6. The van der Waals surface area contributed by atoms with Gasteiger partial charge in [-0.1, -0.05) is 18.2 Å². The van der Waals surface area contributed by atoms with Crippen LogP contribution >= 0.6 is 0 Å². The number of nitrogens with zero attached hydrogens (tertiary/aromatic N) is 1. The number of anilines is 1.